The molecule has 0 saturated carbocycles. The highest BCUT2D eigenvalue weighted by Gasteiger charge is 2.11. The third-order valence-corrected chi connectivity index (χ3v) is 3.06. The fourth-order valence-corrected chi connectivity index (χ4v) is 1.80. The lowest BCUT2D eigenvalue weighted by Crippen LogP contribution is -2.28. The summed E-state index contributed by atoms with van der Waals surface area (Å²) >= 11 is 11.8. The van der Waals surface area contributed by atoms with Gasteiger partial charge >= 0.3 is 6.03 Å². The molecule has 0 radical (unpaired) electrons. The van der Waals surface area contributed by atoms with Crippen molar-refractivity contribution in [2.75, 3.05) is 6.54 Å². The molecule has 0 spiro atoms. The van der Waals surface area contributed by atoms with Crippen LogP contribution in [-0.4, -0.2) is 22.1 Å². The van der Waals surface area contributed by atoms with Gasteiger partial charge in [0, 0.05) is 6.54 Å². The molecule has 0 fully saturated rings. The summed E-state index contributed by atoms with van der Waals surface area (Å²) in [7, 11) is 0. The molecule has 2 rings (SSSR count). The number of nitrogens with zero attached hydrogens (tertiary/aromatic N) is 2. The van der Waals surface area contributed by atoms with E-state index in [0.717, 1.165) is 6.42 Å². The first kappa shape index (κ1) is 12.2. The van der Waals surface area contributed by atoms with Gasteiger partial charge in [0.2, 0.25) is 0 Å². The summed E-state index contributed by atoms with van der Waals surface area (Å²) in [6.07, 6.45) is 2.34. The maximum Gasteiger partial charge on any atom is 0.327 e. The molecule has 2 aromatic rings. The zero-order valence-corrected chi connectivity index (χ0v) is 10.7. The number of hydrogen-bond donors (Lipinski definition) is 1. The van der Waals surface area contributed by atoms with E-state index in [0.29, 0.717) is 27.6 Å². The number of nitrogens with one attached hydrogen (secondary N) is 1. The zero-order chi connectivity index (χ0) is 12.4. The highest BCUT2D eigenvalue weighted by Crippen LogP contribution is 2.26. The number of fused-ring (bicyclic) bond motifs is 1. The molecule has 0 aliphatic rings. The van der Waals surface area contributed by atoms with Crippen molar-refractivity contribution in [3.8, 4) is 0 Å². The van der Waals surface area contributed by atoms with Crippen LogP contribution in [0.4, 0.5) is 4.79 Å². The van der Waals surface area contributed by atoms with Crippen molar-refractivity contribution in [2.24, 2.45) is 0 Å². The normalized spacial score (nSPS) is 10.8. The van der Waals surface area contributed by atoms with Crippen LogP contribution in [0.5, 0.6) is 0 Å². The molecule has 1 heterocycles. The molecule has 0 aliphatic heterocycles. The summed E-state index contributed by atoms with van der Waals surface area (Å²) in [5, 5.41) is 3.60. The number of rotatable bonds is 2. The van der Waals surface area contributed by atoms with Gasteiger partial charge in [-0.3, -0.25) is 4.57 Å². The number of halogens is 2. The van der Waals surface area contributed by atoms with Gasteiger partial charge in [0.15, 0.2) is 0 Å². The monoisotopic (exact) mass is 271 g/mol. The van der Waals surface area contributed by atoms with E-state index >= 15 is 0 Å². The number of amides is 1. The van der Waals surface area contributed by atoms with Gasteiger partial charge in [-0.2, -0.15) is 0 Å². The lowest BCUT2D eigenvalue weighted by atomic mass is 10.3. The Morgan fingerprint density at radius 1 is 1.41 bits per heavy atom. The summed E-state index contributed by atoms with van der Waals surface area (Å²) in [5.74, 6) is 0. The Labute approximate surface area is 109 Å². The van der Waals surface area contributed by atoms with Gasteiger partial charge in [-0.25, -0.2) is 9.78 Å². The van der Waals surface area contributed by atoms with E-state index in [9.17, 15) is 4.79 Å². The van der Waals surface area contributed by atoms with Gasteiger partial charge < -0.3 is 5.32 Å². The number of aromatic nitrogens is 2. The van der Waals surface area contributed by atoms with Crippen LogP contribution in [0.25, 0.3) is 11.0 Å². The van der Waals surface area contributed by atoms with E-state index < -0.39 is 0 Å². The number of carbonyl (C=O) groups is 1. The topological polar surface area (TPSA) is 46.9 Å². The molecular weight excluding hydrogens is 261 g/mol. The number of hydrogen-bond acceptors (Lipinski definition) is 2. The standard InChI is InChI=1S/C11H11Cl2N3O/c1-2-3-14-11(17)16-6-15-9-4-7(12)8(13)5-10(9)16/h4-6H,2-3H2,1H3,(H,14,17). The molecule has 1 aromatic carbocycles. The van der Waals surface area contributed by atoms with Crippen molar-refractivity contribution in [3.63, 3.8) is 0 Å². The Morgan fingerprint density at radius 2 is 2.12 bits per heavy atom. The zero-order valence-electron chi connectivity index (χ0n) is 9.20. The molecule has 0 unspecified atom stereocenters. The Kier molecular flexibility index (Phi) is 3.54. The van der Waals surface area contributed by atoms with Crippen LogP contribution in [0.3, 0.4) is 0 Å². The first-order chi connectivity index (χ1) is 8.13. The number of carbonyl (C=O) groups excluding carboxylic acids is 1. The predicted octanol–water partition coefficient (Wildman–Crippen LogP) is 3.31. The Bertz CT molecular complexity index is 565. The molecule has 1 amide bonds. The van der Waals surface area contributed by atoms with Gasteiger partial charge in [0.25, 0.3) is 0 Å². The minimum Gasteiger partial charge on any atom is -0.337 e. The summed E-state index contributed by atoms with van der Waals surface area (Å²) in [4.78, 5) is 15.9. The van der Waals surface area contributed by atoms with Crippen LogP contribution in [0.15, 0.2) is 18.5 Å². The fraction of sp³-hybridized carbons (Fsp3) is 0.273. The predicted molar refractivity (Wildman–Crippen MR) is 68.8 cm³/mol. The molecule has 4 nitrogen and oxygen atoms in total. The molecule has 1 N–H and O–H groups in total. The van der Waals surface area contributed by atoms with E-state index in [2.05, 4.69) is 10.3 Å². The largest absolute Gasteiger partial charge is 0.337 e. The molecule has 6 heteroatoms. The fourth-order valence-electron chi connectivity index (χ4n) is 1.48. The summed E-state index contributed by atoms with van der Waals surface area (Å²) < 4.78 is 1.42. The minimum absolute atomic E-state index is 0.215. The molecule has 0 aliphatic carbocycles. The van der Waals surface area contributed by atoms with Crippen molar-refractivity contribution in [1.29, 1.82) is 0 Å². The first-order valence-electron chi connectivity index (χ1n) is 5.23. The maximum atomic E-state index is 11.8. The van der Waals surface area contributed by atoms with E-state index in [1.54, 1.807) is 12.1 Å². The Hall–Kier alpha value is -1.26. The second kappa shape index (κ2) is 4.94. The molecule has 17 heavy (non-hydrogen) atoms. The minimum atomic E-state index is -0.215. The third-order valence-electron chi connectivity index (χ3n) is 2.33. The molecule has 0 saturated heterocycles. The molecule has 0 atom stereocenters. The van der Waals surface area contributed by atoms with Crippen molar-refractivity contribution >= 4 is 40.3 Å². The van der Waals surface area contributed by atoms with Gasteiger partial charge in [0.1, 0.15) is 6.33 Å². The van der Waals surface area contributed by atoms with Crippen LogP contribution < -0.4 is 5.32 Å². The average molecular weight is 272 g/mol. The lowest BCUT2D eigenvalue weighted by Gasteiger charge is -2.05. The van der Waals surface area contributed by atoms with Crippen molar-refractivity contribution in [3.05, 3.63) is 28.5 Å². The van der Waals surface area contributed by atoms with Crippen molar-refractivity contribution < 1.29 is 4.79 Å². The molecule has 90 valence electrons. The van der Waals surface area contributed by atoms with Crippen LogP contribution in [0, 0.1) is 0 Å². The van der Waals surface area contributed by atoms with E-state index in [4.69, 9.17) is 23.2 Å². The molecule has 1 aromatic heterocycles. The average Bonchev–Trinajstić information content (AvgIpc) is 2.69. The number of benzene rings is 1. The van der Waals surface area contributed by atoms with Crippen LogP contribution in [0.2, 0.25) is 10.0 Å². The summed E-state index contributed by atoms with van der Waals surface area (Å²) in [6, 6.07) is 3.06. The second-order valence-corrected chi connectivity index (χ2v) is 4.42. The van der Waals surface area contributed by atoms with E-state index in [-0.39, 0.29) is 6.03 Å². The van der Waals surface area contributed by atoms with Gasteiger partial charge in [-0.15, -0.1) is 0 Å². The molecule has 0 bridgehead atoms. The third kappa shape index (κ3) is 2.37. The van der Waals surface area contributed by atoms with E-state index in [1.165, 1.54) is 10.9 Å². The van der Waals surface area contributed by atoms with E-state index in [1.807, 2.05) is 6.92 Å². The van der Waals surface area contributed by atoms with Crippen LogP contribution >= 0.6 is 23.2 Å². The SMILES string of the molecule is CCCNC(=O)n1cnc2cc(Cl)c(Cl)cc21. The molecular formula is C11H11Cl2N3O. The number of imidazole rings is 1. The lowest BCUT2D eigenvalue weighted by molar-refractivity contribution is 0.243. The van der Waals surface area contributed by atoms with Crippen molar-refractivity contribution in [2.45, 2.75) is 13.3 Å². The highest BCUT2D eigenvalue weighted by molar-refractivity contribution is 6.42. The Morgan fingerprint density at radius 3 is 2.82 bits per heavy atom. The summed E-state index contributed by atoms with van der Waals surface area (Å²) in [5.41, 5.74) is 1.29. The maximum absolute atomic E-state index is 11.8. The first-order valence-corrected chi connectivity index (χ1v) is 5.99. The Balaban J connectivity index is 2.42. The van der Waals surface area contributed by atoms with Gasteiger partial charge in [0.05, 0.1) is 21.1 Å². The van der Waals surface area contributed by atoms with Crippen LogP contribution in [0.1, 0.15) is 13.3 Å². The van der Waals surface area contributed by atoms with Crippen LogP contribution in [-0.2, 0) is 0 Å². The second-order valence-electron chi connectivity index (χ2n) is 3.60. The smallest absolute Gasteiger partial charge is 0.327 e. The van der Waals surface area contributed by atoms with Gasteiger partial charge in [-0.05, 0) is 18.6 Å². The highest BCUT2D eigenvalue weighted by atomic mass is 35.5. The summed E-state index contributed by atoms with van der Waals surface area (Å²) in [6.45, 7) is 2.61. The quantitative estimate of drug-likeness (QED) is 0.911. The van der Waals surface area contributed by atoms with Crippen molar-refractivity contribution in [1.82, 2.24) is 14.9 Å². The van der Waals surface area contributed by atoms with Gasteiger partial charge in [-0.1, -0.05) is 30.1 Å².